The number of nitrogens with one attached hydrogen (secondary N) is 1. The number of hydrogen-bond donors (Lipinski definition) is 1. The Morgan fingerprint density at radius 2 is 2.32 bits per heavy atom. The molecule has 1 aliphatic heterocycles. The van der Waals surface area contributed by atoms with Gasteiger partial charge < -0.3 is 19.3 Å². The number of hydrogen-bond acceptors (Lipinski definition) is 6. The molecule has 7 nitrogen and oxygen atoms in total. The standard InChI is InChI=1S/C18H22N2O5/c21-9-15-16(12-24-10-13-4-2-1-3-5-13)25-20-17(15)18(22)19-8-14-6-7-23-11-14/h2,4-5,9,14H,1,3,6-8,10-12H2,(H,19,22). The molecule has 1 amide bonds. The smallest absolute Gasteiger partial charge is 0.274 e. The number of allylic oxidation sites excluding steroid dienone is 2. The third kappa shape index (κ3) is 4.64. The maximum Gasteiger partial charge on any atom is 0.274 e. The first kappa shape index (κ1) is 17.6. The van der Waals surface area contributed by atoms with Crippen molar-refractivity contribution in [1.82, 2.24) is 10.5 Å². The van der Waals surface area contributed by atoms with Gasteiger partial charge in [0.15, 0.2) is 17.7 Å². The lowest BCUT2D eigenvalue weighted by Gasteiger charge is -2.08. The largest absolute Gasteiger partial charge is 0.381 e. The Morgan fingerprint density at radius 3 is 3.04 bits per heavy atom. The van der Waals surface area contributed by atoms with Crippen molar-refractivity contribution >= 4 is 12.2 Å². The van der Waals surface area contributed by atoms with Crippen molar-refractivity contribution in [3.8, 4) is 0 Å². The van der Waals surface area contributed by atoms with Gasteiger partial charge in [-0.05, 0) is 24.8 Å². The first-order valence-electron chi connectivity index (χ1n) is 8.51. The van der Waals surface area contributed by atoms with Crippen LogP contribution >= 0.6 is 0 Å². The fourth-order valence-corrected chi connectivity index (χ4v) is 2.82. The first-order valence-corrected chi connectivity index (χ1v) is 8.51. The van der Waals surface area contributed by atoms with E-state index in [4.69, 9.17) is 14.0 Å². The minimum absolute atomic E-state index is 0.00398. The minimum Gasteiger partial charge on any atom is -0.381 e. The van der Waals surface area contributed by atoms with Crippen LogP contribution in [0.2, 0.25) is 0 Å². The zero-order valence-electron chi connectivity index (χ0n) is 14.0. The molecule has 134 valence electrons. The van der Waals surface area contributed by atoms with Crippen molar-refractivity contribution in [2.75, 3.05) is 26.4 Å². The van der Waals surface area contributed by atoms with E-state index < -0.39 is 5.91 Å². The summed E-state index contributed by atoms with van der Waals surface area (Å²) in [6.07, 6.45) is 9.80. The molecule has 0 aromatic carbocycles. The van der Waals surface area contributed by atoms with Crippen molar-refractivity contribution in [3.05, 3.63) is 40.8 Å². The van der Waals surface area contributed by atoms with Crippen LogP contribution in [0.1, 0.15) is 45.9 Å². The summed E-state index contributed by atoms with van der Waals surface area (Å²) >= 11 is 0. The summed E-state index contributed by atoms with van der Waals surface area (Å²) in [6, 6.07) is 0. The topological polar surface area (TPSA) is 90.7 Å². The summed E-state index contributed by atoms with van der Waals surface area (Å²) in [7, 11) is 0. The number of aldehydes is 1. The van der Waals surface area contributed by atoms with E-state index in [1.165, 1.54) is 0 Å². The van der Waals surface area contributed by atoms with Gasteiger partial charge in [0.2, 0.25) is 0 Å². The maximum absolute atomic E-state index is 12.2. The number of ether oxygens (including phenoxy) is 2. The average Bonchev–Trinajstić information content (AvgIpc) is 3.30. The van der Waals surface area contributed by atoms with Crippen molar-refractivity contribution in [3.63, 3.8) is 0 Å². The van der Waals surface area contributed by atoms with E-state index >= 15 is 0 Å². The Bertz CT molecular complexity index is 671. The van der Waals surface area contributed by atoms with Crippen molar-refractivity contribution in [2.24, 2.45) is 5.92 Å². The summed E-state index contributed by atoms with van der Waals surface area (Å²) < 4.78 is 16.0. The van der Waals surface area contributed by atoms with Gasteiger partial charge in [0.05, 0.1) is 18.8 Å². The number of carbonyl (C=O) groups excluding carboxylic acids is 2. The molecule has 1 fully saturated rings. The van der Waals surface area contributed by atoms with E-state index in [-0.39, 0.29) is 23.6 Å². The van der Waals surface area contributed by atoms with Crippen LogP contribution in [0.5, 0.6) is 0 Å². The molecule has 25 heavy (non-hydrogen) atoms. The summed E-state index contributed by atoms with van der Waals surface area (Å²) in [5, 5.41) is 6.52. The van der Waals surface area contributed by atoms with Gasteiger partial charge in [-0.1, -0.05) is 23.4 Å². The summed E-state index contributed by atoms with van der Waals surface area (Å²) in [5.41, 5.74) is 1.24. The second kappa shape index (κ2) is 8.73. The van der Waals surface area contributed by atoms with Gasteiger partial charge in [-0.2, -0.15) is 0 Å². The van der Waals surface area contributed by atoms with Crippen LogP contribution < -0.4 is 5.32 Å². The van der Waals surface area contributed by atoms with E-state index in [1.807, 2.05) is 6.08 Å². The molecule has 7 heteroatoms. The number of aromatic nitrogens is 1. The monoisotopic (exact) mass is 346 g/mol. The van der Waals surface area contributed by atoms with Crippen LogP contribution in [-0.2, 0) is 16.1 Å². The zero-order valence-corrected chi connectivity index (χ0v) is 14.0. The van der Waals surface area contributed by atoms with Crippen molar-refractivity contribution in [2.45, 2.75) is 25.9 Å². The van der Waals surface area contributed by atoms with Gasteiger partial charge >= 0.3 is 0 Å². The van der Waals surface area contributed by atoms with Crippen molar-refractivity contribution in [1.29, 1.82) is 0 Å². The molecule has 1 unspecified atom stereocenters. The van der Waals surface area contributed by atoms with Crippen molar-refractivity contribution < 1.29 is 23.6 Å². The lowest BCUT2D eigenvalue weighted by atomic mass is 10.1. The van der Waals surface area contributed by atoms with Crippen LogP contribution in [0.25, 0.3) is 0 Å². The highest BCUT2D eigenvalue weighted by Crippen LogP contribution is 2.16. The predicted octanol–water partition coefficient (Wildman–Crippen LogP) is 2.05. The third-order valence-corrected chi connectivity index (χ3v) is 4.28. The molecule has 0 bridgehead atoms. The highest BCUT2D eigenvalue weighted by Gasteiger charge is 2.23. The SMILES string of the molecule is O=Cc1c(C(=O)NCC2CCOC2)noc1COCC1=CCCC=C1. The molecule has 2 heterocycles. The van der Waals surface area contributed by atoms with E-state index in [9.17, 15) is 9.59 Å². The first-order chi connectivity index (χ1) is 12.3. The molecule has 1 N–H and O–H groups in total. The number of carbonyl (C=O) groups is 2. The number of nitrogens with zero attached hydrogens (tertiary/aromatic N) is 1. The van der Waals surface area contributed by atoms with Crippen LogP contribution in [-0.4, -0.2) is 43.7 Å². The van der Waals surface area contributed by atoms with E-state index in [1.54, 1.807) is 0 Å². The molecule has 0 radical (unpaired) electrons. The molecule has 2 aliphatic rings. The van der Waals surface area contributed by atoms with Gasteiger partial charge in [-0.15, -0.1) is 0 Å². The van der Waals surface area contributed by atoms with E-state index in [2.05, 4.69) is 22.6 Å². The second-order valence-electron chi connectivity index (χ2n) is 6.18. The second-order valence-corrected chi connectivity index (χ2v) is 6.18. The lowest BCUT2D eigenvalue weighted by molar-refractivity contribution is 0.0931. The maximum atomic E-state index is 12.2. The van der Waals surface area contributed by atoms with Crippen LogP contribution in [0.4, 0.5) is 0 Å². The normalized spacial score (nSPS) is 19.7. The molecule has 1 saturated heterocycles. The predicted molar refractivity (Wildman–Crippen MR) is 89.3 cm³/mol. The highest BCUT2D eigenvalue weighted by atomic mass is 16.5. The third-order valence-electron chi connectivity index (χ3n) is 4.28. The van der Waals surface area contributed by atoms with Gasteiger partial charge in [0.25, 0.3) is 5.91 Å². The van der Waals surface area contributed by atoms with Gasteiger partial charge in [0.1, 0.15) is 6.61 Å². The highest BCUT2D eigenvalue weighted by molar-refractivity contribution is 6.00. The molecule has 0 saturated carbocycles. The fourth-order valence-electron chi connectivity index (χ4n) is 2.82. The quantitative estimate of drug-likeness (QED) is 0.725. The molecule has 0 spiro atoms. The molecule has 1 atom stereocenters. The molecule has 1 aromatic rings. The Balaban J connectivity index is 1.54. The van der Waals surface area contributed by atoms with E-state index in [0.29, 0.717) is 32.0 Å². The molecule has 1 aromatic heterocycles. The van der Waals surface area contributed by atoms with Crippen LogP contribution in [0.15, 0.2) is 28.3 Å². The number of rotatable bonds is 8. The summed E-state index contributed by atoms with van der Waals surface area (Å²) in [4.78, 5) is 23.6. The number of amides is 1. The lowest BCUT2D eigenvalue weighted by Crippen LogP contribution is -2.30. The Hall–Kier alpha value is -2.25. The minimum atomic E-state index is -0.415. The summed E-state index contributed by atoms with van der Waals surface area (Å²) in [6.45, 7) is 2.38. The van der Waals surface area contributed by atoms with Gasteiger partial charge in [-0.3, -0.25) is 9.59 Å². The molecule has 1 aliphatic carbocycles. The molecular weight excluding hydrogens is 324 g/mol. The average molecular weight is 346 g/mol. The van der Waals surface area contributed by atoms with Crippen LogP contribution in [0, 0.1) is 5.92 Å². The Kier molecular flexibility index (Phi) is 6.14. The molecule has 3 rings (SSSR count). The Morgan fingerprint density at radius 1 is 1.40 bits per heavy atom. The Labute approximate surface area is 146 Å². The van der Waals surface area contributed by atoms with Gasteiger partial charge in [-0.25, -0.2) is 0 Å². The van der Waals surface area contributed by atoms with E-state index in [0.717, 1.165) is 31.4 Å². The summed E-state index contributed by atoms with van der Waals surface area (Å²) in [5.74, 6) is 0.154. The molecular formula is C18H22N2O5. The fraction of sp³-hybridized carbons (Fsp3) is 0.500. The van der Waals surface area contributed by atoms with Crippen LogP contribution in [0.3, 0.4) is 0 Å². The van der Waals surface area contributed by atoms with Gasteiger partial charge in [0, 0.05) is 19.1 Å². The zero-order chi connectivity index (χ0) is 17.5.